The van der Waals surface area contributed by atoms with Crippen LogP contribution >= 0.6 is 27.2 Å². The molecule has 0 spiro atoms. The minimum absolute atomic E-state index is 0. The fourth-order valence-electron chi connectivity index (χ4n) is 0.300. The van der Waals surface area contributed by atoms with E-state index in [2.05, 4.69) is 13.4 Å². The number of alkyl halides is 1. The fourth-order valence-corrected chi connectivity index (χ4v) is 2.38. The van der Waals surface area contributed by atoms with Gasteiger partial charge < -0.3 is 12.6 Å². The molecule has 0 aromatic heterocycles. The van der Waals surface area contributed by atoms with Gasteiger partial charge in [-0.25, -0.2) is 9.13 Å². The number of phosphoric acid groups is 2. The van der Waals surface area contributed by atoms with Gasteiger partial charge in [-0.3, -0.25) is 9.05 Å². The molecule has 0 rings (SSSR count). The van der Waals surface area contributed by atoms with Crippen LogP contribution in [0, 0.1) is 0 Å². The summed E-state index contributed by atoms with van der Waals surface area (Å²) in [5, 5.41) is 0. The Morgan fingerprint density at radius 1 is 1.46 bits per heavy atom. The zero-order valence-corrected chi connectivity index (χ0v) is 10.6. The van der Waals surface area contributed by atoms with E-state index in [1.54, 1.807) is 0 Å². The Labute approximate surface area is 98.7 Å². The summed E-state index contributed by atoms with van der Waals surface area (Å²) < 4.78 is 33.1. The van der Waals surface area contributed by atoms with Gasteiger partial charge in [-0.05, 0) is 0 Å². The molecule has 0 aromatic rings. The second-order valence-electron chi connectivity index (χ2n) is 1.44. The topological polar surface area (TPSA) is 102 Å². The molecular formula is C2H9ClMgO7P2. The van der Waals surface area contributed by atoms with Gasteiger partial charge in [-0.2, -0.15) is 4.31 Å². The van der Waals surface area contributed by atoms with Crippen LogP contribution in [-0.4, -0.2) is 46.0 Å². The number of halogens is 1. The van der Waals surface area contributed by atoms with Gasteiger partial charge >= 0.3 is 38.7 Å². The molecule has 0 bridgehead atoms. The van der Waals surface area contributed by atoms with Gasteiger partial charge in [0, 0.05) is 7.11 Å². The Balaban J connectivity index is -0.000000202. The standard InChI is InChI=1S/C2H7ClO7P2.Mg.2H/c1-8-12(7,9-2-3)10-11(4,5)6;;;/h2H2,1H3,(H2,4,5,6);;;/q;+2;2*-1. The molecule has 0 radical (unpaired) electrons. The van der Waals surface area contributed by atoms with E-state index in [1.165, 1.54) is 0 Å². The average molecular weight is 267 g/mol. The van der Waals surface area contributed by atoms with Crippen molar-refractivity contribution in [3.05, 3.63) is 0 Å². The molecule has 0 fully saturated rings. The Kier molecular flexibility index (Phi) is 8.67. The van der Waals surface area contributed by atoms with E-state index in [0.717, 1.165) is 7.11 Å². The largest absolute Gasteiger partial charge is 2.00 e. The van der Waals surface area contributed by atoms with E-state index in [4.69, 9.17) is 21.4 Å². The zero-order chi connectivity index (χ0) is 9.83. The zero-order valence-electron chi connectivity index (χ0n) is 8.62. The number of rotatable bonds is 5. The third-order valence-corrected chi connectivity index (χ3v) is 3.44. The number of phosphoric ester groups is 1. The summed E-state index contributed by atoms with van der Waals surface area (Å²) in [6.45, 7) is 0. The van der Waals surface area contributed by atoms with Gasteiger partial charge in [0.25, 0.3) is 0 Å². The van der Waals surface area contributed by atoms with Gasteiger partial charge in [-0.1, -0.05) is 11.6 Å². The summed E-state index contributed by atoms with van der Waals surface area (Å²) in [5.41, 5.74) is 0. The third kappa shape index (κ3) is 8.32. The van der Waals surface area contributed by atoms with Gasteiger partial charge in [0.1, 0.15) is 6.07 Å². The Morgan fingerprint density at radius 2 is 1.92 bits per heavy atom. The van der Waals surface area contributed by atoms with Crippen LogP contribution in [0.1, 0.15) is 2.85 Å². The van der Waals surface area contributed by atoms with E-state index in [1.807, 2.05) is 0 Å². The van der Waals surface area contributed by atoms with Crippen LogP contribution in [0.3, 0.4) is 0 Å². The summed E-state index contributed by atoms with van der Waals surface area (Å²) in [5.74, 6) is 0. The predicted octanol–water partition coefficient (Wildman–Crippen LogP) is 0.907. The third-order valence-electron chi connectivity index (χ3n) is 0.637. The molecule has 11 heteroatoms. The smallest absolute Gasteiger partial charge is 1.00 e. The fraction of sp³-hybridized carbons (Fsp3) is 1.00. The van der Waals surface area contributed by atoms with Crippen LogP contribution in [0.15, 0.2) is 0 Å². The maximum absolute atomic E-state index is 11.0. The van der Waals surface area contributed by atoms with E-state index in [0.29, 0.717) is 0 Å². The summed E-state index contributed by atoms with van der Waals surface area (Å²) in [6.07, 6.45) is 0. The summed E-state index contributed by atoms with van der Waals surface area (Å²) in [6, 6.07) is -0.564. The van der Waals surface area contributed by atoms with Crippen molar-refractivity contribution in [3.8, 4) is 0 Å². The second kappa shape index (κ2) is 6.74. The van der Waals surface area contributed by atoms with Crippen LogP contribution in [0.5, 0.6) is 0 Å². The van der Waals surface area contributed by atoms with Gasteiger partial charge in [0.2, 0.25) is 0 Å². The van der Waals surface area contributed by atoms with Crippen molar-refractivity contribution < 1.29 is 35.1 Å². The van der Waals surface area contributed by atoms with E-state index >= 15 is 0 Å². The summed E-state index contributed by atoms with van der Waals surface area (Å²) in [4.78, 5) is 16.4. The molecule has 13 heavy (non-hydrogen) atoms. The van der Waals surface area contributed by atoms with Crippen molar-refractivity contribution in [2.75, 3.05) is 13.2 Å². The van der Waals surface area contributed by atoms with Gasteiger partial charge in [-0.15, -0.1) is 0 Å². The van der Waals surface area contributed by atoms with Crippen LogP contribution in [0.4, 0.5) is 0 Å². The first-order chi connectivity index (χ1) is 5.33. The molecule has 0 aliphatic carbocycles. The van der Waals surface area contributed by atoms with E-state index in [9.17, 15) is 9.13 Å². The summed E-state index contributed by atoms with van der Waals surface area (Å²) in [7, 11) is -8.22. The predicted molar refractivity (Wildman–Crippen MR) is 47.5 cm³/mol. The maximum atomic E-state index is 11.0. The van der Waals surface area contributed by atoms with Crippen molar-refractivity contribution in [1.82, 2.24) is 0 Å². The Hall–Kier alpha value is 1.32. The summed E-state index contributed by atoms with van der Waals surface area (Å²) >= 11 is 4.99. The second-order valence-corrected chi connectivity index (χ2v) is 4.81. The van der Waals surface area contributed by atoms with Gasteiger partial charge in [0.05, 0.1) is 0 Å². The Bertz CT molecular complexity index is 235. The Morgan fingerprint density at radius 3 is 2.15 bits per heavy atom. The molecule has 0 aliphatic heterocycles. The molecular weight excluding hydrogens is 258 g/mol. The average Bonchev–Trinajstić information content (AvgIpc) is 1.84. The van der Waals surface area contributed by atoms with Crippen molar-refractivity contribution >= 4 is 50.3 Å². The molecule has 1 unspecified atom stereocenters. The molecule has 0 saturated heterocycles. The van der Waals surface area contributed by atoms with Crippen molar-refractivity contribution in [2.24, 2.45) is 0 Å². The first kappa shape index (κ1) is 16.7. The first-order valence-corrected chi connectivity index (χ1v) is 5.99. The molecule has 7 nitrogen and oxygen atoms in total. The first-order valence-electron chi connectivity index (χ1n) is 2.46. The molecule has 0 aromatic carbocycles. The molecule has 0 amide bonds. The SMILES string of the molecule is COP(=O)(OCCl)OP(=O)(O)O.[H-].[H-].[Mg+2]. The van der Waals surface area contributed by atoms with E-state index < -0.39 is 21.7 Å². The molecule has 0 aliphatic rings. The molecule has 0 saturated carbocycles. The van der Waals surface area contributed by atoms with Crippen molar-refractivity contribution in [2.45, 2.75) is 0 Å². The normalized spacial score (nSPS) is 16.0. The van der Waals surface area contributed by atoms with Crippen LogP contribution in [0.2, 0.25) is 0 Å². The molecule has 0 heterocycles. The number of hydrogen-bond donors (Lipinski definition) is 2. The van der Waals surface area contributed by atoms with Crippen molar-refractivity contribution in [1.29, 1.82) is 0 Å². The molecule has 1 atom stereocenters. The van der Waals surface area contributed by atoms with Crippen LogP contribution in [0.25, 0.3) is 0 Å². The molecule has 78 valence electrons. The van der Waals surface area contributed by atoms with Gasteiger partial charge in [0.15, 0.2) is 0 Å². The van der Waals surface area contributed by atoms with Crippen LogP contribution in [-0.2, 0) is 22.5 Å². The quantitative estimate of drug-likeness (QED) is 0.433. The van der Waals surface area contributed by atoms with Crippen molar-refractivity contribution in [3.63, 3.8) is 0 Å². The minimum atomic E-state index is -4.91. The number of hydrogen-bond acceptors (Lipinski definition) is 5. The maximum Gasteiger partial charge on any atom is 2.00 e. The van der Waals surface area contributed by atoms with E-state index in [-0.39, 0.29) is 25.9 Å². The monoisotopic (exact) mass is 266 g/mol. The molecule has 2 N–H and O–H groups in total. The van der Waals surface area contributed by atoms with Crippen LogP contribution < -0.4 is 0 Å². The minimum Gasteiger partial charge on any atom is -1.00 e.